The highest BCUT2D eigenvalue weighted by atomic mass is 32.1. The molecular weight excluding hydrogens is 196 g/mol. The van der Waals surface area contributed by atoms with Gasteiger partial charge in [0.2, 0.25) is 0 Å². The third kappa shape index (κ3) is 2.50. The normalized spacial score (nSPS) is 29.3. The van der Waals surface area contributed by atoms with Gasteiger partial charge in [-0.25, -0.2) is 0 Å². The van der Waals surface area contributed by atoms with E-state index in [1.807, 2.05) is 6.20 Å². The number of rotatable bonds is 2. The van der Waals surface area contributed by atoms with Gasteiger partial charge in [0.25, 0.3) is 0 Å². The molecule has 0 spiro atoms. The van der Waals surface area contributed by atoms with E-state index in [1.165, 1.54) is 11.7 Å². The highest BCUT2D eigenvalue weighted by molar-refractivity contribution is 6.99. The maximum atomic E-state index is 4.23. The van der Waals surface area contributed by atoms with Crippen molar-refractivity contribution in [2.45, 2.75) is 32.5 Å². The van der Waals surface area contributed by atoms with E-state index in [-0.39, 0.29) is 0 Å². The van der Waals surface area contributed by atoms with Crippen molar-refractivity contribution in [2.75, 3.05) is 13.1 Å². The summed E-state index contributed by atoms with van der Waals surface area (Å²) in [4.78, 5) is 2.43. The first kappa shape index (κ1) is 10.0. The Morgan fingerprint density at radius 3 is 2.79 bits per heavy atom. The molecule has 14 heavy (non-hydrogen) atoms. The van der Waals surface area contributed by atoms with Gasteiger partial charge in [-0.3, -0.25) is 4.90 Å². The van der Waals surface area contributed by atoms with Gasteiger partial charge in [0, 0.05) is 31.7 Å². The molecule has 1 N–H and O–H groups in total. The monoisotopic (exact) mass is 212 g/mol. The Bertz CT molecular complexity index is 264. The lowest BCUT2D eigenvalue weighted by Gasteiger charge is -2.35. The fraction of sp³-hybridized carbons (Fsp3) is 0.778. The highest BCUT2D eigenvalue weighted by Gasteiger charge is 2.21. The molecule has 2 heterocycles. The third-order valence-corrected chi connectivity index (χ3v) is 2.94. The minimum absolute atomic E-state index is 0.574. The molecule has 0 amide bonds. The molecule has 1 saturated heterocycles. The molecule has 1 aliphatic heterocycles. The quantitative estimate of drug-likeness (QED) is 0.784. The number of piperazine rings is 1. The van der Waals surface area contributed by atoms with Gasteiger partial charge in [-0.15, -0.1) is 0 Å². The first-order valence-electron chi connectivity index (χ1n) is 4.99. The molecule has 4 nitrogen and oxygen atoms in total. The summed E-state index contributed by atoms with van der Waals surface area (Å²) >= 11 is 1.29. The zero-order valence-corrected chi connectivity index (χ0v) is 9.42. The van der Waals surface area contributed by atoms with E-state index >= 15 is 0 Å². The molecule has 1 aliphatic rings. The second-order valence-electron chi connectivity index (χ2n) is 4.06. The van der Waals surface area contributed by atoms with Gasteiger partial charge >= 0.3 is 0 Å². The van der Waals surface area contributed by atoms with E-state index in [1.54, 1.807) is 0 Å². The fourth-order valence-corrected chi connectivity index (χ4v) is 2.48. The van der Waals surface area contributed by atoms with E-state index in [0.29, 0.717) is 12.1 Å². The predicted molar refractivity (Wildman–Crippen MR) is 57.2 cm³/mol. The van der Waals surface area contributed by atoms with Gasteiger partial charge in [-0.1, -0.05) is 0 Å². The average Bonchev–Trinajstić information content (AvgIpc) is 2.54. The Kier molecular flexibility index (Phi) is 3.10. The van der Waals surface area contributed by atoms with Gasteiger partial charge in [-0.05, 0) is 13.8 Å². The fourth-order valence-electron chi connectivity index (χ4n) is 2.05. The summed E-state index contributed by atoms with van der Waals surface area (Å²) < 4.78 is 8.24. The standard InChI is InChI=1S/C9H16N4S/c1-7-4-13(5-8(2)11-7)6-9-3-10-14-12-9/h3,7-8,11H,4-6H2,1-2H3/t7-,8+. The number of aromatic nitrogens is 2. The Morgan fingerprint density at radius 2 is 2.21 bits per heavy atom. The van der Waals surface area contributed by atoms with Crippen LogP contribution in [0.25, 0.3) is 0 Å². The van der Waals surface area contributed by atoms with Crippen LogP contribution in [0.5, 0.6) is 0 Å². The van der Waals surface area contributed by atoms with Crippen molar-refractivity contribution in [1.82, 2.24) is 19.0 Å². The summed E-state index contributed by atoms with van der Waals surface area (Å²) in [6.07, 6.45) is 1.86. The molecular formula is C9H16N4S. The molecule has 0 aliphatic carbocycles. The van der Waals surface area contributed by atoms with Crippen molar-refractivity contribution < 1.29 is 0 Å². The number of hydrogen-bond donors (Lipinski definition) is 1. The van der Waals surface area contributed by atoms with Crippen LogP contribution in [0.15, 0.2) is 6.20 Å². The van der Waals surface area contributed by atoms with Crippen LogP contribution in [0, 0.1) is 0 Å². The maximum absolute atomic E-state index is 4.23. The van der Waals surface area contributed by atoms with Crippen LogP contribution in [0.2, 0.25) is 0 Å². The lowest BCUT2D eigenvalue weighted by Crippen LogP contribution is -2.53. The molecule has 78 valence electrons. The molecule has 2 rings (SSSR count). The summed E-state index contributed by atoms with van der Waals surface area (Å²) in [5.41, 5.74) is 1.09. The van der Waals surface area contributed by atoms with Crippen LogP contribution >= 0.6 is 11.7 Å². The van der Waals surface area contributed by atoms with Crippen LogP contribution in [0.4, 0.5) is 0 Å². The zero-order chi connectivity index (χ0) is 9.97. The van der Waals surface area contributed by atoms with Gasteiger partial charge in [0.15, 0.2) is 0 Å². The second kappa shape index (κ2) is 4.33. The molecule has 0 saturated carbocycles. The number of nitrogens with one attached hydrogen (secondary N) is 1. The third-order valence-electron chi connectivity index (χ3n) is 2.43. The molecule has 0 aromatic carbocycles. The summed E-state index contributed by atoms with van der Waals surface area (Å²) in [7, 11) is 0. The van der Waals surface area contributed by atoms with Crippen molar-refractivity contribution in [2.24, 2.45) is 0 Å². The van der Waals surface area contributed by atoms with Crippen LogP contribution in [-0.2, 0) is 6.54 Å². The first-order chi connectivity index (χ1) is 6.74. The second-order valence-corrected chi connectivity index (χ2v) is 4.62. The van der Waals surface area contributed by atoms with Crippen LogP contribution in [-0.4, -0.2) is 38.8 Å². The smallest absolute Gasteiger partial charge is 0.0883 e. The predicted octanol–water partition coefficient (Wildman–Crippen LogP) is 0.720. The minimum atomic E-state index is 0.574. The summed E-state index contributed by atoms with van der Waals surface area (Å²) in [6, 6.07) is 1.15. The van der Waals surface area contributed by atoms with Crippen molar-refractivity contribution in [3.8, 4) is 0 Å². The first-order valence-corrected chi connectivity index (χ1v) is 5.72. The van der Waals surface area contributed by atoms with Gasteiger partial charge in [0.1, 0.15) is 0 Å². The van der Waals surface area contributed by atoms with Crippen molar-refractivity contribution in [1.29, 1.82) is 0 Å². The van der Waals surface area contributed by atoms with Gasteiger partial charge in [0.05, 0.1) is 23.6 Å². The molecule has 1 fully saturated rings. The highest BCUT2D eigenvalue weighted by Crippen LogP contribution is 2.08. The van der Waals surface area contributed by atoms with E-state index in [9.17, 15) is 0 Å². The van der Waals surface area contributed by atoms with E-state index in [2.05, 4.69) is 32.8 Å². The maximum Gasteiger partial charge on any atom is 0.0883 e. The Labute approximate surface area is 88.7 Å². The Balaban J connectivity index is 1.91. The van der Waals surface area contributed by atoms with Crippen LogP contribution < -0.4 is 5.32 Å². The Hall–Kier alpha value is -0.520. The average molecular weight is 212 g/mol. The lowest BCUT2D eigenvalue weighted by atomic mass is 10.1. The topological polar surface area (TPSA) is 41.1 Å². The largest absolute Gasteiger partial charge is 0.309 e. The van der Waals surface area contributed by atoms with Crippen LogP contribution in [0.3, 0.4) is 0 Å². The van der Waals surface area contributed by atoms with E-state index in [0.717, 1.165) is 25.3 Å². The zero-order valence-electron chi connectivity index (χ0n) is 8.60. The molecule has 2 atom stereocenters. The molecule has 1 aromatic rings. The summed E-state index contributed by atoms with van der Waals surface area (Å²) in [6.45, 7) is 7.58. The molecule has 1 aromatic heterocycles. The summed E-state index contributed by atoms with van der Waals surface area (Å²) in [5, 5.41) is 3.51. The van der Waals surface area contributed by atoms with Gasteiger partial charge in [-0.2, -0.15) is 8.75 Å². The molecule has 0 radical (unpaired) electrons. The number of hydrogen-bond acceptors (Lipinski definition) is 5. The SMILES string of the molecule is C[C@@H]1CN(Cc2cnsn2)C[C@H](C)N1. The number of nitrogens with zero attached hydrogens (tertiary/aromatic N) is 3. The van der Waals surface area contributed by atoms with Crippen molar-refractivity contribution >= 4 is 11.7 Å². The van der Waals surface area contributed by atoms with E-state index in [4.69, 9.17) is 0 Å². The summed E-state index contributed by atoms with van der Waals surface area (Å²) in [5.74, 6) is 0. The van der Waals surface area contributed by atoms with Crippen molar-refractivity contribution in [3.63, 3.8) is 0 Å². The molecule has 5 heteroatoms. The molecule has 0 unspecified atom stereocenters. The van der Waals surface area contributed by atoms with E-state index < -0.39 is 0 Å². The molecule has 0 bridgehead atoms. The lowest BCUT2D eigenvalue weighted by molar-refractivity contribution is 0.165. The van der Waals surface area contributed by atoms with Crippen LogP contribution in [0.1, 0.15) is 19.5 Å². The Morgan fingerprint density at radius 1 is 1.50 bits per heavy atom. The van der Waals surface area contributed by atoms with Crippen molar-refractivity contribution in [3.05, 3.63) is 11.9 Å². The minimum Gasteiger partial charge on any atom is -0.309 e. The van der Waals surface area contributed by atoms with Gasteiger partial charge < -0.3 is 5.32 Å².